The molecule has 5 heteroatoms. The van der Waals surface area contributed by atoms with E-state index in [4.69, 9.17) is 5.73 Å². The number of imidazole rings is 1. The summed E-state index contributed by atoms with van der Waals surface area (Å²) < 4.78 is 4.01. The summed E-state index contributed by atoms with van der Waals surface area (Å²) >= 11 is 0. The number of aromatic nitrogens is 4. The van der Waals surface area contributed by atoms with Crippen LogP contribution in [-0.2, 0) is 7.05 Å². The van der Waals surface area contributed by atoms with Crippen molar-refractivity contribution in [2.75, 3.05) is 0 Å². The Kier molecular flexibility index (Phi) is 2.07. The van der Waals surface area contributed by atoms with Crippen LogP contribution in [0.15, 0.2) is 24.9 Å². The number of rotatable bonds is 2. The fourth-order valence-corrected chi connectivity index (χ4v) is 2.23. The van der Waals surface area contributed by atoms with Crippen LogP contribution in [0.25, 0.3) is 11.3 Å². The van der Waals surface area contributed by atoms with E-state index in [2.05, 4.69) is 14.6 Å². The first kappa shape index (κ1) is 9.59. The molecule has 0 radical (unpaired) electrons. The van der Waals surface area contributed by atoms with Gasteiger partial charge in [-0.15, -0.1) is 0 Å². The number of hydrogen-bond donors (Lipinski definition) is 1. The summed E-state index contributed by atoms with van der Waals surface area (Å²) in [7, 11) is 1.92. The zero-order chi connectivity index (χ0) is 11.1. The van der Waals surface area contributed by atoms with E-state index < -0.39 is 0 Å². The Morgan fingerprint density at radius 2 is 2.19 bits per heavy atom. The minimum atomic E-state index is 0.356. The van der Waals surface area contributed by atoms with Crippen molar-refractivity contribution in [1.82, 2.24) is 19.3 Å². The molecular weight excluding hydrogens is 202 g/mol. The van der Waals surface area contributed by atoms with Crippen LogP contribution in [0, 0.1) is 0 Å². The van der Waals surface area contributed by atoms with Crippen molar-refractivity contribution in [3.05, 3.63) is 24.9 Å². The standard InChI is InChI=1S/C11H15N5/c1-15-6-8(4-14-15)11-5-13-7-16(11)10-2-9(12)3-10/h4-7,9-10H,2-3,12H2,1H3. The summed E-state index contributed by atoms with van der Waals surface area (Å²) in [6, 6.07) is 0.863. The fraction of sp³-hybridized carbons (Fsp3) is 0.455. The molecule has 84 valence electrons. The number of aryl methyl sites for hydroxylation is 1. The van der Waals surface area contributed by atoms with Gasteiger partial charge in [-0.05, 0) is 12.8 Å². The second-order valence-corrected chi connectivity index (χ2v) is 4.47. The fourth-order valence-electron chi connectivity index (χ4n) is 2.23. The van der Waals surface area contributed by atoms with Crippen molar-refractivity contribution >= 4 is 0 Å². The van der Waals surface area contributed by atoms with E-state index in [1.165, 1.54) is 0 Å². The third kappa shape index (κ3) is 1.44. The molecule has 0 aliphatic heterocycles. The van der Waals surface area contributed by atoms with Gasteiger partial charge in [0.25, 0.3) is 0 Å². The summed E-state index contributed by atoms with van der Waals surface area (Å²) in [6.07, 6.45) is 9.74. The van der Waals surface area contributed by atoms with Crippen LogP contribution in [0.4, 0.5) is 0 Å². The van der Waals surface area contributed by atoms with Gasteiger partial charge in [0, 0.05) is 30.9 Å². The normalized spacial score (nSPS) is 24.4. The molecule has 2 aromatic heterocycles. The van der Waals surface area contributed by atoms with E-state index in [0.29, 0.717) is 12.1 Å². The summed E-state index contributed by atoms with van der Waals surface area (Å²) in [5.41, 5.74) is 8.06. The van der Waals surface area contributed by atoms with Gasteiger partial charge < -0.3 is 10.3 Å². The van der Waals surface area contributed by atoms with Crippen LogP contribution < -0.4 is 5.73 Å². The van der Waals surface area contributed by atoms with Gasteiger partial charge >= 0.3 is 0 Å². The highest BCUT2D eigenvalue weighted by Gasteiger charge is 2.28. The highest BCUT2D eigenvalue weighted by molar-refractivity contribution is 5.56. The average molecular weight is 217 g/mol. The van der Waals surface area contributed by atoms with Crippen molar-refractivity contribution in [2.24, 2.45) is 12.8 Å². The van der Waals surface area contributed by atoms with Gasteiger partial charge in [-0.1, -0.05) is 0 Å². The number of nitrogens with zero attached hydrogens (tertiary/aromatic N) is 4. The Morgan fingerprint density at radius 1 is 1.38 bits per heavy atom. The Labute approximate surface area is 93.9 Å². The van der Waals surface area contributed by atoms with Gasteiger partial charge in [-0.3, -0.25) is 4.68 Å². The zero-order valence-electron chi connectivity index (χ0n) is 9.24. The second-order valence-electron chi connectivity index (χ2n) is 4.47. The maximum absolute atomic E-state index is 5.82. The molecule has 1 aliphatic rings. The molecule has 3 rings (SSSR count). The molecular formula is C11H15N5. The van der Waals surface area contributed by atoms with E-state index in [0.717, 1.165) is 24.1 Å². The highest BCUT2D eigenvalue weighted by atomic mass is 15.2. The van der Waals surface area contributed by atoms with E-state index in [-0.39, 0.29) is 0 Å². The van der Waals surface area contributed by atoms with Crippen LogP contribution in [0.1, 0.15) is 18.9 Å². The van der Waals surface area contributed by atoms with E-state index in [9.17, 15) is 0 Å². The lowest BCUT2D eigenvalue weighted by molar-refractivity contribution is 0.268. The first-order valence-corrected chi connectivity index (χ1v) is 5.50. The van der Waals surface area contributed by atoms with Gasteiger partial charge in [-0.25, -0.2) is 4.98 Å². The van der Waals surface area contributed by atoms with E-state index >= 15 is 0 Å². The molecule has 2 heterocycles. The molecule has 0 spiro atoms. The summed E-state index contributed by atoms with van der Waals surface area (Å²) in [5, 5.41) is 4.18. The smallest absolute Gasteiger partial charge is 0.0953 e. The topological polar surface area (TPSA) is 61.7 Å². The largest absolute Gasteiger partial charge is 0.328 e. The molecule has 2 N–H and O–H groups in total. The lowest BCUT2D eigenvalue weighted by Gasteiger charge is -2.34. The summed E-state index contributed by atoms with van der Waals surface area (Å²) in [4.78, 5) is 4.22. The molecule has 2 aromatic rings. The van der Waals surface area contributed by atoms with Crippen LogP contribution in [0.2, 0.25) is 0 Å². The third-order valence-electron chi connectivity index (χ3n) is 3.21. The maximum atomic E-state index is 5.82. The van der Waals surface area contributed by atoms with E-state index in [1.807, 2.05) is 32.0 Å². The van der Waals surface area contributed by atoms with Gasteiger partial charge in [0.05, 0.1) is 24.4 Å². The maximum Gasteiger partial charge on any atom is 0.0953 e. The third-order valence-corrected chi connectivity index (χ3v) is 3.21. The lowest BCUT2D eigenvalue weighted by Crippen LogP contribution is -2.37. The average Bonchev–Trinajstić information content (AvgIpc) is 2.80. The van der Waals surface area contributed by atoms with Crippen LogP contribution in [0.5, 0.6) is 0 Å². The lowest BCUT2D eigenvalue weighted by atomic mass is 9.87. The summed E-state index contributed by atoms with van der Waals surface area (Å²) in [6.45, 7) is 0. The summed E-state index contributed by atoms with van der Waals surface area (Å²) in [5.74, 6) is 0. The van der Waals surface area contributed by atoms with Crippen molar-refractivity contribution < 1.29 is 0 Å². The first-order valence-electron chi connectivity index (χ1n) is 5.50. The van der Waals surface area contributed by atoms with E-state index in [1.54, 1.807) is 4.68 Å². The Balaban J connectivity index is 1.93. The molecule has 0 amide bonds. The van der Waals surface area contributed by atoms with Gasteiger partial charge in [0.15, 0.2) is 0 Å². The van der Waals surface area contributed by atoms with Gasteiger partial charge in [-0.2, -0.15) is 5.10 Å². The van der Waals surface area contributed by atoms with Crippen LogP contribution >= 0.6 is 0 Å². The molecule has 1 saturated carbocycles. The second kappa shape index (κ2) is 3.45. The SMILES string of the molecule is Cn1cc(-c2cncn2C2CC(N)C2)cn1. The van der Waals surface area contributed by atoms with Crippen molar-refractivity contribution in [3.8, 4) is 11.3 Å². The van der Waals surface area contributed by atoms with Crippen LogP contribution in [0.3, 0.4) is 0 Å². The molecule has 0 bridgehead atoms. The van der Waals surface area contributed by atoms with Crippen molar-refractivity contribution in [1.29, 1.82) is 0 Å². The molecule has 0 unspecified atom stereocenters. The van der Waals surface area contributed by atoms with Crippen LogP contribution in [-0.4, -0.2) is 25.4 Å². The quantitative estimate of drug-likeness (QED) is 0.814. The minimum Gasteiger partial charge on any atom is -0.328 e. The van der Waals surface area contributed by atoms with Gasteiger partial charge in [0.2, 0.25) is 0 Å². The molecule has 0 saturated heterocycles. The molecule has 5 nitrogen and oxygen atoms in total. The molecule has 1 aliphatic carbocycles. The molecule has 0 atom stereocenters. The number of hydrogen-bond acceptors (Lipinski definition) is 3. The first-order chi connectivity index (χ1) is 7.74. The van der Waals surface area contributed by atoms with Crippen molar-refractivity contribution in [3.63, 3.8) is 0 Å². The predicted molar refractivity (Wildman–Crippen MR) is 60.7 cm³/mol. The Hall–Kier alpha value is -1.62. The monoisotopic (exact) mass is 217 g/mol. The van der Waals surface area contributed by atoms with Crippen molar-refractivity contribution in [2.45, 2.75) is 24.9 Å². The number of nitrogens with two attached hydrogens (primary N) is 1. The predicted octanol–water partition coefficient (Wildman–Crippen LogP) is 0.946. The molecule has 0 aromatic carbocycles. The molecule has 1 fully saturated rings. The Morgan fingerprint density at radius 3 is 2.81 bits per heavy atom. The minimum absolute atomic E-state index is 0.356. The highest BCUT2D eigenvalue weighted by Crippen LogP contribution is 2.34. The van der Waals surface area contributed by atoms with Gasteiger partial charge in [0.1, 0.15) is 0 Å². The molecule has 16 heavy (non-hydrogen) atoms. The zero-order valence-corrected chi connectivity index (χ0v) is 9.24. The Bertz CT molecular complexity index is 492.